The zero-order valence-corrected chi connectivity index (χ0v) is 17.2. The zero-order valence-electron chi connectivity index (χ0n) is 17.2. The van der Waals surface area contributed by atoms with E-state index < -0.39 is 18.1 Å². The van der Waals surface area contributed by atoms with Gasteiger partial charge in [0.15, 0.2) is 0 Å². The van der Waals surface area contributed by atoms with Crippen molar-refractivity contribution in [3.8, 4) is 0 Å². The summed E-state index contributed by atoms with van der Waals surface area (Å²) in [6, 6.07) is 26.0. The second kappa shape index (κ2) is 8.93. The lowest BCUT2D eigenvalue weighted by atomic mass is 10.0. The number of amides is 2. The van der Waals surface area contributed by atoms with Crippen LogP contribution in [-0.4, -0.2) is 36.8 Å². The molecule has 0 bridgehead atoms. The average Bonchev–Trinajstić information content (AvgIpc) is 2.91. The molecule has 1 aliphatic rings. The summed E-state index contributed by atoms with van der Waals surface area (Å²) in [5, 5.41) is 2.75. The smallest absolute Gasteiger partial charge is 0.272 e. The molecule has 156 valence electrons. The molecule has 1 aliphatic heterocycles. The summed E-state index contributed by atoms with van der Waals surface area (Å²) in [5.74, 6) is -0.739. The second-order valence-corrected chi connectivity index (χ2v) is 7.47. The Bertz CT molecular complexity index is 1110. The second-order valence-electron chi connectivity index (χ2n) is 7.47. The summed E-state index contributed by atoms with van der Waals surface area (Å²) in [5.41, 5.74) is 10.2. The van der Waals surface area contributed by atoms with E-state index in [1.165, 1.54) is 4.90 Å². The fraction of sp³-hybridized carbons (Fsp3) is 0.160. The van der Waals surface area contributed by atoms with Gasteiger partial charge in [-0.3, -0.25) is 9.59 Å². The van der Waals surface area contributed by atoms with E-state index in [2.05, 4.69) is 10.3 Å². The van der Waals surface area contributed by atoms with Crippen LogP contribution < -0.4 is 16.0 Å². The largest absolute Gasteiger partial charge is 0.325 e. The molecular formula is C25H24N4O2. The van der Waals surface area contributed by atoms with Crippen LogP contribution in [0.1, 0.15) is 16.7 Å². The topological polar surface area (TPSA) is 87.8 Å². The van der Waals surface area contributed by atoms with Gasteiger partial charge in [0.2, 0.25) is 12.1 Å². The molecule has 0 aliphatic carbocycles. The zero-order chi connectivity index (χ0) is 21.8. The number of aliphatic imine (C=N–C) groups is 1. The first-order chi connectivity index (χ1) is 15.0. The number of carbonyl (C=O) groups excluding carboxylic acids is 2. The molecule has 3 aromatic carbocycles. The van der Waals surface area contributed by atoms with Crippen LogP contribution in [0.25, 0.3) is 0 Å². The van der Waals surface area contributed by atoms with E-state index in [0.717, 1.165) is 22.4 Å². The minimum absolute atomic E-state index is 0.321. The molecular weight excluding hydrogens is 388 g/mol. The highest BCUT2D eigenvalue weighted by Crippen LogP contribution is 2.27. The number of carbonyl (C=O) groups is 2. The monoisotopic (exact) mass is 412 g/mol. The fourth-order valence-electron chi connectivity index (χ4n) is 3.64. The number of benzene rings is 3. The Balaban J connectivity index is 1.65. The molecule has 0 spiro atoms. The van der Waals surface area contributed by atoms with Gasteiger partial charge in [-0.2, -0.15) is 0 Å². The van der Waals surface area contributed by atoms with Gasteiger partial charge in [-0.15, -0.1) is 0 Å². The number of nitrogens with two attached hydrogens (primary N) is 1. The number of hydrogen-bond donors (Lipinski definition) is 2. The molecule has 0 fully saturated rings. The molecule has 0 unspecified atom stereocenters. The van der Waals surface area contributed by atoms with Crippen molar-refractivity contribution in [2.75, 3.05) is 11.9 Å². The van der Waals surface area contributed by atoms with Crippen LogP contribution in [0.3, 0.4) is 0 Å². The van der Waals surface area contributed by atoms with Crippen LogP contribution in [0, 0.1) is 0 Å². The van der Waals surface area contributed by atoms with Crippen molar-refractivity contribution < 1.29 is 9.59 Å². The quantitative estimate of drug-likeness (QED) is 0.675. The Morgan fingerprint density at radius 3 is 2.32 bits per heavy atom. The average molecular weight is 412 g/mol. The Kier molecular flexibility index (Phi) is 5.91. The first-order valence-corrected chi connectivity index (χ1v) is 10.1. The van der Waals surface area contributed by atoms with Crippen molar-refractivity contribution in [3.63, 3.8) is 0 Å². The Hall–Kier alpha value is -3.77. The highest BCUT2D eigenvalue weighted by molar-refractivity contribution is 6.20. The lowest BCUT2D eigenvalue weighted by Crippen LogP contribution is -2.51. The van der Waals surface area contributed by atoms with Gasteiger partial charge in [-0.1, -0.05) is 78.9 Å². The van der Waals surface area contributed by atoms with E-state index >= 15 is 0 Å². The van der Waals surface area contributed by atoms with Gasteiger partial charge in [-0.25, -0.2) is 4.99 Å². The maximum atomic E-state index is 13.2. The van der Waals surface area contributed by atoms with Gasteiger partial charge >= 0.3 is 0 Å². The third-order valence-corrected chi connectivity index (χ3v) is 5.30. The van der Waals surface area contributed by atoms with Crippen LogP contribution in [0.4, 0.5) is 5.69 Å². The lowest BCUT2D eigenvalue weighted by molar-refractivity contribution is -0.128. The highest BCUT2D eigenvalue weighted by atomic mass is 16.2. The van der Waals surface area contributed by atoms with Crippen molar-refractivity contribution in [1.82, 2.24) is 5.32 Å². The molecule has 0 saturated carbocycles. The standard InChI is InChI=1S/C25H24N4O2/c1-29-21-15-9-8-14-19(21)22(18-12-6-3-7-13-18)27-23(25(29)31)28-24(30)20(26)16-17-10-4-2-5-11-17/h2-15,20,23H,16,26H2,1H3,(H,28,30)/t20-,23-/m1/s1. The van der Waals surface area contributed by atoms with Crippen LogP contribution >= 0.6 is 0 Å². The number of anilines is 1. The summed E-state index contributed by atoms with van der Waals surface area (Å²) in [6.45, 7) is 0. The van der Waals surface area contributed by atoms with Gasteiger partial charge in [-0.05, 0) is 18.1 Å². The van der Waals surface area contributed by atoms with Gasteiger partial charge in [0, 0.05) is 18.2 Å². The molecule has 2 atom stereocenters. The number of para-hydroxylation sites is 1. The van der Waals surface area contributed by atoms with Crippen LogP contribution in [0.15, 0.2) is 89.9 Å². The number of benzodiazepines with no additional fused rings is 1. The van der Waals surface area contributed by atoms with Gasteiger partial charge in [0.1, 0.15) is 0 Å². The number of rotatable bonds is 5. The molecule has 4 rings (SSSR count). The van der Waals surface area contributed by atoms with E-state index in [1.807, 2.05) is 84.9 Å². The highest BCUT2D eigenvalue weighted by Gasteiger charge is 2.31. The molecule has 3 aromatic rings. The SMILES string of the molecule is CN1C(=O)[C@@H](NC(=O)[C@H](N)Cc2ccccc2)N=C(c2ccccc2)c2ccccc21. The van der Waals surface area contributed by atoms with Gasteiger partial charge in [0.25, 0.3) is 5.91 Å². The van der Waals surface area contributed by atoms with Crippen molar-refractivity contribution in [2.45, 2.75) is 18.6 Å². The molecule has 6 heteroatoms. The Morgan fingerprint density at radius 1 is 1.00 bits per heavy atom. The Labute approximate surface area is 181 Å². The van der Waals surface area contributed by atoms with Gasteiger partial charge < -0.3 is 16.0 Å². The summed E-state index contributed by atoms with van der Waals surface area (Å²) in [4.78, 5) is 32.2. The predicted molar refractivity (Wildman–Crippen MR) is 122 cm³/mol. The maximum Gasteiger partial charge on any atom is 0.272 e. The molecule has 0 saturated heterocycles. The van der Waals surface area contributed by atoms with E-state index in [0.29, 0.717) is 12.1 Å². The summed E-state index contributed by atoms with van der Waals surface area (Å²) >= 11 is 0. The number of likely N-dealkylation sites (N-methyl/N-ethyl adjacent to an activating group) is 1. The molecule has 0 radical (unpaired) electrons. The Morgan fingerprint density at radius 2 is 1.61 bits per heavy atom. The molecule has 2 amide bonds. The minimum atomic E-state index is -1.07. The first kappa shape index (κ1) is 20.5. The van der Waals surface area contributed by atoms with Crippen molar-refractivity contribution >= 4 is 23.2 Å². The first-order valence-electron chi connectivity index (χ1n) is 10.1. The van der Waals surface area contributed by atoms with Crippen LogP contribution in [0.5, 0.6) is 0 Å². The normalized spacial score (nSPS) is 16.7. The number of fused-ring (bicyclic) bond motifs is 1. The fourth-order valence-corrected chi connectivity index (χ4v) is 3.64. The van der Waals surface area contributed by atoms with Gasteiger partial charge in [0.05, 0.1) is 17.4 Å². The molecule has 6 nitrogen and oxygen atoms in total. The molecule has 31 heavy (non-hydrogen) atoms. The summed E-state index contributed by atoms with van der Waals surface area (Å²) in [7, 11) is 1.69. The van der Waals surface area contributed by atoms with E-state index in [1.54, 1.807) is 7.05 Å². The minimum Gasteiger partial charge on any atom is -0.325 e. The molecule has 3 N–H and O–H groups in total. The number of hydrogen-bond acceptors (Lipinski definition) is 4. The predicted octanol–water partition coefficient (Wildman–Crippen LogP) is 2.51. The third kappa shape index (κ3) is 4.39. The molecule has 1 heterocycles. The third-order valence-electron chi connectivity index (χ3n) is 5.30. The van der Waals surface area contributed by atoms with E-state index in [9.17, 15) is 9.59 Å². The van der Waals surface area contributed by atoms with Crippen molar-refractivity contribution in [3.05, 3.63) is 102 Å². The van der Waals surface area contributed by atoms with Crippen LogP contribution in [-0.2, 0) is 16.0 Å². The summed E-state index contributed by atoms with van der Waals surface area (Å²) < 4.78 is 0. The molecule has 0 aromatic heterocycles. The lowest BCUT2D eigenvalue weighted by Gasteiger charge is -2.22. The summed E-state index contributed by atoms with van der Waals surface area (Å²) in [6.07, 6.45) is -0.694. The maximum absolute atomic E-state index is 13.2. The van der Waals surface area contributed by atoms with Crippen molar-refractivity contribution in [1.29, 1.82) is 0 Å². The number of nitrogens with zero attached hydrogens (tertiary/aromatic N) is 2. The van der Waals surface area contributed by atoms with E-state index in [4.69, 9.17) is 5.73 Å². The van der Waals surface area contributed by atoms with Crippen LogP contribution in [0.2, 0.25) is 0 Å². The van der Waals surface area contributed by atoms with Crippen molar-refractivity contribution in [2.24, 2.45) is 10.7 Å². The number of nitrogens with one attached hydrogen (secondary N) is 1. The van der Waals surface area contributed by atoms with E-state index in [-0.39, 0.29) is 5.91 Å².